The molecule has 2 aromatic rings. The second kappa shape index (κ2) is 4.91. The van der Waals surface area contributed by atoms with Crippen LogP contribution < -0.4 is 11.1 Å². The number of nitrogens with one attached hydrogen (secondary N) is 1. The van der Waals surface area contributed by atoms with Crippen molar-refractivity contribution in [3.63, 3.8) is 0 Å². The van der Waals surface area contributed by atoms with E-state index < -0.39 is 0 Å². The number of benzene rings is 1. The van der Waals surface area contributed by atoms with Gasteiger partial charge in [-0.1, -0.05) is 17.7 Å². The smallest absolute Gasteiger partial charge is 0.278 e. The number of hydrogen-bond acceptors (Lipinski definition) is 3. The molecule has 0 aliphatic heterocycles. The highest BCUT2D eigenvalue weighted by Gasteiger charge is 2.14. The average Bonchev–Trinajstić information content (AvgIpc) is 2.73. The first-order chi connectivity index (χ1) is 8.60. The molecule has 1 aromatic carbocycles. The van der Waals surface area contributed by atoms with Gasteiger partial charge in [-0.3, -0.25) is 9.48 Å². The van der Waals surface area contributed by atoms with Crippen LogP contribution in [0.2, 0.25) is 0 Å². The van der Waals surface area contributed by atoms with E-state index in [4.69, 9.17) is 5.73 Å². The molecule has 2 rings (SSSR count). The maximum atomic E-state index is 12.0. The predicted molar refractivity (Wildman–Crippen MR) is 71.4 cm³/mol. The Hall–Kier alpha value is -2.30. The number of carbonyl (C=O) groups excluding carboxylic acids is 1. The largest absolute Gasteiger partial charge is 0.396 e. The fraction of sp³-hybridized carbons (Fsp3) is 0.231. The van der Waals surface area contributed by atoms with Crippen LogP contribution in [0, 0.1) is 6.92 Å². The molecule has 1 amide bonds. The molecule has 94 valence electrons. The van der Waals surface area contributed by atoms with Crippen LogP contribution in [-0.2, 0) is 6.54 Å². The SMILES string of the molecule is CCn1cc(N)c(C(=O)Nc2ccc(C)cc2)n1. The molecule has 5 nitrogen and oxygen atoms in total. The summed E-state index contributed by atoms with van der Waals surface area (Å²) in [4.78, 5) is 12.0. The summed E-state index contributed by atoms with van der Waals surface area (Å²) in [6, 6.07) is 7.56. The summed E-state index contributed by atoms with van der Waals surface area (Å²) in [5.41, 5.74) is 8.28. The molecule has 0 fully saturated rings. The van der Waals surface area contributed by atoms with Crippen LogP contribution in [0.15, 0.2) is 30.5 Å². The highest BCUT2D eigenvalue weighted by Crippen LogP contribution is 2.13. The van der Waals surface area contributed by atoms with E-state index in [9.17, 15) is 4.79 Å². The van der Waals surface area contributed by atoms with Gasteiger partial charge in [0.25, 0.3) is 5.91 Å². The summed E-state index contributed by atoms with van der Waals surface area (Å²) >= 11 is 0. The van der Waals surface area contributed by atoms with Gasteiger partial charge in [0.05, 0.1) is 5.69 Å². The Bertz CT molecular complexity index is 557. The first-order valence-electron chi connectivity index (χ1n) is 5.81. The lowest BCUT2D eigenvalue weighted by molar-refractivity contribution is 0.102. The fourth-order valence-corrected chi connectivity index (χ4v) is 1.60. The summed E-state index contributed by atoms with van der Waals surface area (Å²) in [5, 5.41) is 6.89. The van der Waals surface area contributed by atoms with E-state index >= 15 is 0 Å². The molecule has 0 saturated heterocycles. The monoisotopic (exact) mass is 244 g/mol. The number of carbonyl (C=O) groups is 1. The Morgan fingerprint density at radius 3 is 2.61 bits per heavy atom. The van der Waals surface area contributed by atoms with Crippen LogP contribution in [0.25, 0.3) is 0 Å². The van der Waals surface area contributed by atoms with Crippen LogP contribution in [0.3, 0.4) is 0 Å². The van der Waals surface area contributed by atoms with E-state index in [1.165, 1.54) is 0 Å². The highest BCUT2D eigenvalue weighted by molar-refractivity contribution is 6.06. The lowest BCUT2D eigenvalue weighted by Gasteiger charge is -2.03. The number of anilines is 2. The number of nitrogens with two attached hydrogens (primary N) is 1. The van der Waals surface area contributed by atoms with Crippen LogP contribution in [-0.4, -0.2) is 15.7 Å². The summed E-state index contributed by atoms with van der Waals surface area (Å²) in [5.74, 6) is -0.288. The summed E-state index contributed by atoms with van der Waals surface area (Å²) < 4.78 is 1.64. The van der Waals surface area contributed by atoms with Gasteiger partial charge in [-0.15, -0.1) is 0 Å². The van der Waals surface area contributed by atoms with E-state index in [-0.39, 0.29) is 11.6 Å². The van der Waals surface area contributed by atoms with Gasteiger partial charge < -0.3 is 11.1 Å². The number of aromatic nitrogens is 2. The van der Waals surface area contributed by atoms with Gasteiger partial charge >= 0.3 is 0 Å². The van der Waals surface area contributed by atoms with Crippen molar-refractivity contribution in [2.24, 2.45) is 0 Å². The maximum absolute atomic E-state index is 12.0. The first-order valence-corrected chi connectivity index (χ1v) is 5.81. The van der Waals surface area contributed by atoms with Gasteiger partial charge in [0, 0.05) is 18.4 Å². The number of rotatable bonds is 3. The maximum Gasteiger partial charge on any atom is 0.278 e. The molecule has 5 heteroatoms. The molecular formula is C13H16N4O. The molecule has 18 heavy (non-hydrogen) atoms. The van der Waals surface area contributed by atoms with Gasteiger partial charge in [-0.2, -0.15) is 5.10 Å². The van der Waals surface area contributed by atoms with E-state index in [0.29, 0.717) is 12.2 Å². The zero-order valence-electron chi connectivity index (χ0n) is 10.5. The zero-order valence-corrected chi connectivity index (χ0v) is 10.5. The normalized spacial score (nSPS) is 10.3. The molecule has 0 saturated carbocycles. The molecule has 0 atom stereocenters. The molecule has 0 unspecified atom stereocenters. The molecule has 0 radical (unpaired) electrons. The molecule has 1 aromatic heterocycles. The highest BCUT2D eigenvalue weighted by atomic mass is 16.2. The summed E-state index contributed by atoms with van der Waals surface area (Å²) in [6.07, 6.45) is 1.66. The van der Waals surface area contributed by atoms with Crippen molar-refractivity contribution < 1.29 is 4.79 Å². The van der Waals surface area contributed by atoms with E-state index in [1.54, 1.807) is 10.9 Å². The Morgan fingerprint density at radius 2 is 2.06 bits per heavy atom. The van der Waals surface area contributed by atoms with Crippen LogP contribution in [0.4, 0.5) is 11.4 Å². The third kappa shape index (κ3) is 2.51. The van der Waals surface area contributed by atoms with Crippen molar-refractivity contribution in [1.82, 2.24) is 9.78 Å². The number of aryl methyl sites for hydroxylation is 2. The van der Waals surface area contributed by atoms with E-state index in [1.807, 2.05) is 38.1 Å². The standard InChI is InChI=1S/C13H16N4O/c1-3-17-8-11(14)12(16-17)13(18)15-10-6-4-9(2)5-7-10/h4-8H,3,14H2,1-2H3,(H,15,18). The minimum absolute atomic E-state index is 0.262. The topological polar surface area (TPSA) is 72.9 Å². The zero-order chi connectivity index (χ0) is 13.1. The van der Waals surface area contributed by atoms with Crippen molar-refractivity contribution in [2.75, 3.05) is 11.1 Å². The average molecular weight is 244 g/mol. The molecule has 1 heterocycles. The fourth-order valence-electron chi connectivity index (χ4n) is 1.60. The Kier molecular flexibility index (Phi) is 3.32. The quantitative estimate of drug-likeness (QED) is 0.867. The van der Waals surface area contributed by atoms with Gasteiger partial charge in [-0.05, 0) is 26.0 Å². The lowest BCUT2D eigenvalue weighted by atomic mass is 10.2. The minimum atomic E-state index is -0.288. The third-order valence-corrected chi connectivity index (χ3v) is 2.64. The Labute approximate surface area is 106 Å². The number of hydrogen-bond donors (Lipinski definition) is 2. The molecule has 3 N–H and O–H groups in total. The summed E-state index contributed by atoms with van der Waals surface area (Å²) in [7, 11) is 0. The van der Waals surface area contributed by atoms with Crippen LogP contribution in [0.1, 0.15) is 23.0 Å². The van der Waals surface area contributed by atoms with Crippen molar-refractivity contribution in [3.05, 3.63) is 41.7 Å². The number of amides is 1. The molecule has 0 aliphatic rings. The second-order valence-corrected chi connectivity index (χ2v) is 4.11. The van der Waals surface area contributed by atoms with Gasteiger partial charge in [-0.25, -0.2) is 0 Å². The number of nitrogens with zero attached hydrogens (tertiary/aromatic N) is 2. The Morgan fingerprint density at radius 1 is 1.39 bits per heavy atom. The van der Waals surface area contributed by atoms with Crippen molar-refractivity contribution in [2.45, 2.75) is 20.4 Å². The lowest BCUT2D eigenvalue weighted by Crippen LogP contribution is -2.14. The second-order valence-electron chi connectivity index (χ2n) is 4.11. The van der Waals surface area contributed by atoms with Crippen LogP contribution >= 0.6 is 0 Å². The van der Waals surface area contributed by atoms with Gasteiger partial charge in [0.15, 0.2) is 5.69 Å². The van der Waals surface area contributed by atoms with Crippen molar-refractivity contribution >= 4 is 17.3 Å². The van der Waals surface area contributed by atoms with E-state index in [0.717, 1.165) is 11.3 Å². The van der Waals surface area contributed by atoms with Crippen LogP contribution in [0.5, 0.6) is 0 Å². The van der Waals surface area contributed by atoms with Crippen molar-refractivity contribution in [1.29, 1.82) is 0 Å². The van der Waals surface area contributed by atoms with Gasteiger partial charge in [0.2, 0.25) is 0 Å². The summed E-state index contributed by atoms with van der Waals surface area (Å²) in [6.45, 7) is 4.61. The molecule has 0 spiro atoms. The van der Waals surface area contributed by atoms with Gasteiger partial charge in [0.1, 0.15) is 0 Å². The first kappa shape index (κ1) is 12.2. The molecule has 0 aliphatic carbocycles. The minimum Gasteiger partial charge on any atom is -0.396 e. The molecule has 0 bridgehead atoms. The predicted octanol–water partition coefficient (Wildman–Crippen LogP) is 2.05. The van der Waals surface area contributed by atoms with Crippen molar-refractivity contribution in [3.8, 4) is 0 Å². The third-order valence-electron chi connectivity index (χ3n) is 2.64. The Balaban J connectivity index is 2.16. The molecular weight excluding hydrogens is 228 g/mol. The number of nitrogen functional groups attached to an aromatic ring is 1. The van der Waals surface area contributed by atoms with E-state index in [2.05, 4.69) is 10.4 Å².